The fourth-order valence-corrected chi connectivity index (χ4v) is 6.47. The molecule has 2 aliphatic heterocycles. The molecule has 42 heavy (non-hydrogen) atoms. The molecular weight excluding hydrogens is 560 g/mol. The Morgan fingerprint density at radius 3 is 2.38 bits per heavy atom. The fraction of sp³-hybridized carbons (Fsp3) is 0.258. The number of nitrogens with zero attached hydrogens (tertiary/aromatic N) is 2. The molecule has 6 rings (SSSR count). The van der Waals surface area contributed by atoms with Crippen molar-refractivity contribution in [3.8, 4) is 28.7 Å². The van der Waals surface area contributed by atoms with Crippen molar-refractivity contribution in [3.63, 3.8) is 0 Å². The molecule has 0 spiro atoms. The molecule has 1 saturated heterocycles. The number of hydrogen-bond donors (Lipinski definition) is 1. The molecule has 4 aromatic rings. The van der Waals surface area contributed by atoms with Gasteiger partial charge in [0, 0.05) is 12.0 Å². The van der Waals surface area contributed by atoms with Gasteiger partial charge in [0.25, 0.3) is 5.78 Å². The number of carbonyl (C=O) groups is 2. The molecule has 0 bridgehead atoms. The second-order valence-electron chi connectivity index (χ2n) is 9.91. The highest BCUT2D eigenvalue weighted by molar-refractivity contribution is 7.22. The van der Waals surface area contributed by atoms with Gasteiger partial charge in [-0.3, -0.25) is 14.5 Å². The van der Waals surface area contributed by atoms with Crippen LogP contribution in [-0.4, -0.2) is 56.3 Å². The number of ether oxygens (including phenoxy) is 5. The third kappa shape index (κ3) is 4.37. The lowest BCUT2D eigenvalue weighted by Gasteiger charge is -2.24. The quantitative estimate of drug-likeness (QED) is 0.175. The Morgan fingerprint density at radius 2 is 1.71 bits per heavy atom. The van der Waals surface area contributed by atoms with Crippen molar-refractivity contribution in [1.82, 2.24) is 4.98 Å². The standard InChI is InChI=1S/C31H28N2O8S/c1-15-10-17-11-16(6-9-21(17)41-15)27(34)25-26(18-12-22(38-3)29(40-5)23(13-18)39-4)33(30(36)28(25)35)31-32-20-8-7-19(37-2)14-24(20)42-31/h6-9,11-15,26,34H,10H2,1-5H3/t15-,26+/m0/s1. The zero-order chi connectivity index (χ0) is 29.7. The topological polar surface area (TPSA) is 117 Å². The van der Waals surface area contributed by atoms with Crippen molar-refractivity contribution in [1.29, 1.82) is 0 Å². The van der Waals surface area contributed by atoms with E-state index in [-0.39, 0.29) is 22.6 Å². The van der Waals surface area contributed by atoms with Crippen LogP contribution in [-0.2, 0) is 16.0 Å². The Bertz CT molecular complexity index is 1750. The van der Waals surface area contributed by atoms with Gasteiger partial charge in [0.05, 0.1) is 50.3 Å². The SMILES string of the molecule is COc1ccc2nc(N3C(=O)C(=O)C(=C(O)c4ccc5c(c4)C[C@H](C)O5)[C@H]3c3cc(OC)c(OC)c(OC)c3)sc2c1. The van der Waals surface area contributed by atoms with Gasteiger partial charge in [-0.15, -0.1) is 0 Å². The summed E-state index contributed by atoms with van der Waals surface area (Å²) in [6.07, 6.45) is 0.663. The summed E-state index contributed by atoms with van der Waals surface area (Å²) in [5.74, 6) is 0.402. The Kier molecular flexibility index (Phi) is 6.90. The molecule has 0 radical (unpaired) electrons. The second kappa shape index (κ2) is 10.6. The summed E-state index contributed by atoms with van der Waals surface area (Å²) in [5, 5.41) is 12.0. The van der Waals surface area contributed by atoms with E-state index >= 15 is 0 Å². The van der Waals surface area contributed by atoms with Gasteiger partial charge < -0.3 is 28.8 Å². The number of anilines is 1. The van der Waals surface area contributed by atoms with Crippen LogP contribution in [0.25, 0.3) is 16.0 Å². The van der Waals surface area contributed by atoms with Crippen molar-refractivity contribution in [3.05, 3.63) is 70.8 Å². The first-order valence-corrected chi connectivity index (χ1v) is 13.9. The van der Waals surface area contributed by atoms with Crippen LogP contribution in [0.2, 0.25) is 0 Å². The molecule has 0 unspecified atom stereocenters. The number of aliphatic hydroxyl groups excluding tert-OH is 1. The van der Waals surface area contributed by atoms with Crippen LogP contribution in [0, 0.1) is 0 Å². The zero-order valence-corrected chi connectivity index (χ0v) is 24.4. The van der Waals surface area contributed by atoms with Crippen LogP contribution in [0.15, 0.2) is 54.1 Å². The van der Waals surface area contributed by atoms with Crippen LogP contribution in [0.4, 0.5) is 5.13 Å². The van der Waals surface area contributed by atoms with Gasteiger partial charge in [0.15, 0.2) is 16.6 Å². The minimum atomic E-state index is -1.05. The van der Waals surface area contributed by atoms with E-state index in [9.17, 15) is 14.7 Å². The van der Waals surface area contributed by atoms with Crippen molar-refractivity contribution in [2.24, 2.45) is 0 Å². The fourth-order valence-electron chi connectivity index (χ4n) is 5.45. The number of rotatable bonds is 7. The normalized spacial score (nSPS) is 19.1. The third-order valence-electron chi connectivity index (χ3n) is 7.41. The summed E-state index contributed by atoms with van der Waals surface area (Å²) in [4.78, 5) is 33.5. The molecule has 1 fully saturated rings. The maximum Gasteiger partial charge on any atom is 0.301 e. The van der Waals surface area contributed by atoms with Crippen LogP contribution in [0.3, 0.4) is 0 Å². The molecule has 10 nitrogen and oxygen atoms in total. The maximum absolute atomic E-state index is 13.8. The molecule has 1 N–H and O–H groups in total. The largest absolute Gasteiger partial charge is 0.507 e. The number of amides is 1. The maximum atomic E-state index is 13.8. The number of aliphatic hydroxyl groups is 1. The summed E-state index contributed by atoms with van der Waals surface area (Å²) in [6.45, 7) is 1.96. The van der Waals surface area contributed by atoms with E-state index in [0.29, 0.717) is 46.1 Å². The minimum Gasteiger partial charge on any atom is -0.507 e. The van der Waals surface area contributed by atoms with E-state index in [0.717, 1.165) is 16.0 Å². The summed E-state index contributed by atoms with van der Waals surface area (Å²) in [5.41, 5.74) is 2.31. The zero-order valence-electron chi connectivity index (χ0n) is 23.6. The number of aromatic nitrogens is 1. The summed E-state index contributed by atoms with van der Waals surface area (Å²) in [7, 11) is 6.01. The van der Waals surface area contributed by atoms with Crippen molar-refractivity contribution in [2.75, 3.05) is 33.3 Å². The summed E-state index contributed by atoms with van der Waals surface area (Å²) in [6, 6.07) is 12.9. The average molecular weight is 589 g/mol. The van der Waals surface area contributed by atoms with Crippen molar-refractivity contribution >= 4 is 44.1 Å². The molecule has 216 valence electrons. The number of hydrogen-bond acceptors (Lipinski definition) is 10. The number of benzene rings is 3. The molecule has 1 aromatic heterocycles. The van der Waals surface area contributed by atoms with E-state index in [2.05, 4.69) is 4.98 Å². The Balaban J connectivity index is 1.58. The van der Waals surface area contributed by atoms with Crippen LogP contribution in [0.1, 0.15) is 29.7 Å². The first kappa shape index (κ1) is 27.4. The predicted molar refractivity (Wildman–Crippen MR) is 157 cm³/mol. The monoisotopic (exact) mass is 588 g/mol. The number of carbonyl (C=O) groups excluding carboxylic acids is 2. The summed E-state index contributed by atoms with van der Waals surface area (Å²) >= 11 is 1.24. The lowest BCUT2D eigenvalue weighted by atomic mass is 9.94. The number of Topliss-reactive ketones (excluding diaryl/α,β-unsaturated/α-hetero) is 1. The smallest absolute Gasteiger partial charge is 0.301 e. The van der Waals surface area contributed by atoms with Crippen LogP contribution < -0.4 is 28.6 Å². The highest BCUT2D eigenvalue weighted by atomic mass is 32.1. The number of fused-ring (bicyclic) bond motifs is 2. The Morgan fingerprint density at radius 1 is 0.976 bits per heavy atom. The lowest BCUT2D eigenvalue weighted by molar-refractivity contribution is -0.132. The highest BCUT2D eigenvalue weighted by Gasteiger charge is 2.49. The number of methoxy groups -OCH3 is 4. The predicted octanol–water partition coefficient (Wildman–Crippen LogP) is 5.28. The van der Waals surface area contributed by atoms with E-state index < -0.39 is 17.7 Å². The van der Waals surface area contributed by atoms with Gasteiger partial charge in [-0.2, -0.15) is 0 Å². The van der Waals surface area contributed by atoms with Gasteiger partial charge in [-0.05, 0) is 66.6 Å². The molecule has 11 heteroatoms. The van der Waals surface area contributed by atoms with E-state index in [1.54, 1.807) is 49.6 Å². The van der Waals surface area contributed by atoms with Gasteiger partial charge in [-0.1, -0.05) is 11.3 Å². The molecule has 2 atom stereocenters. The molecule has 1 amide bonds. The second-order valence-corrected chi connectivity index (χ2v) is 10.9. The minimum absolute atomic E-state index is 0.000125. The van der Waals surface area contributed by atoms with Gasteiger partial charge >= 0.3 is 5.91 Å². The van der Waals surface area contributed by atoms with Gasteiger partial charge in [0.2, 0.25) is 5.75 Å². The summed E-state index contributed by atoms with van der Waals surface area (Å²) < 4.78 is 28.6. The molecule has 0 aliphatic carbocycles. The van der Waals surface area contributed by atoms with Gasteiger partial charge in [-0.25, -0.2) is 4.98 Å². The van der Waals surface area contributed by atoms with E-state index in [4.69, 9.17) is 23.7 Å². The van der Waals surface area contributed by atoms with Crippen molar-refractivity contribution < 1.29 is 38.4 Å². The number of thiazole rings is 1. The lowest BCUT2D eigenvalue weighted by Crippen LogP contribution is -2.29. The molecule has 3 aromatic carbocycles. The van der Waals surface area contributed by atoms with Crippen LogP contribution >= 0.6 is 11.3 Å². The van der Waals surface area contributed by atoms with E-state index in [1.165, 1.54) is 37.6 Å². The first-order chi connectivity index (χ1) is 20.3. The highest BCUT2D eigenvalue weighted by Crippen LogP contribution is 2.48. The molecule has 2 aliphatic rings. The average Bonchev–Trinajstić information content (AvgIpc) is 3.67. The van der Waals surface area contributed by atoms with Gasteiger partial charge in [0.1, 0.15) is 23.4 Å². The Labute approximate surface area is 245 Å². The van der Waals surface area contributed by atoms with Crippen molar-refractivity contribution in [2.45, 2.75) is 25.5 Å². The molecule has 0 saturated carbocycles. The number of ketones is 1. The molecule has 3 heterocycles. The third-order valence-corrected chi connectivity index (χ3v) is 8.42. The van der Waals surface area contributed by atoms with E-state index in [1.807, 2.05) is 13.0 Å². The van der Waals surface area contributed by atoms with Crippen LogP contribution in [0.5, 0.6) is 28.7 Å². The molecular formula is C31H28N2O8S. The Hall–Kier alpha value is -4.77. The first-order valence-electron chi connectivity index (χ1n) is 13.1.